The number of rotatable bonds is 5. The Bertz CT molecular complexity index is 439. The maximum absolute atomic E-state index is 10.6. The summed E-state index contributed by atoms with van der Waals surface area (Å²) in [5.74, 6) is -0.799. The van der Waals surface area contributed by atoms with Gasteiger partial charge in [-0.2, -0.15) is 0 Å². The van der Waals surface area contributed by atoms with Gasteiger partial charge in [-0.15, -0.1) is 0 Å². The molecule has 1 aromatic carbocycles. The van der Waals surface area contributed by atoms with E-state index in [4.69, 9.17) is 28.3 Å². The molecule has 1 N–H and O–H groups in total. The smallest absolute Gasteiger partial charge is 0.303 e. The van der Waals surface area contributed by atoms with Crippen molar-refractivity contribution in [3.8, 4) is 0 Å². The summed E-state index contributed by atoms with van der Waals surface area (Å²) in [5.41, 5.74) is 1.93. The molecule has 17 heavy (non-hydrogen) atoms. The average Bonchev–Trinajstić information content (AvgIpc) is 2.28. The molecule has 0 amide bonds. The molecule has 0 spiro atoms. The van der Waals surface area contributed by atoms with E-state index in [1.807, 2.05) is 19.1 Å². The van der Waals surface area contributed by atoms with Gasteiger partial charge in [0.05, 0.1) is 10.0 Å². The Morgan fingerprint density at radius 3 is 2.53 bits per heavy atom. The zero-order chi connectivity index (χ0) is 12.8. The Labute approximate surface area is 111 Å². The van der Waals surface area contributed by atoms with Crippen molar-refractivity contribution in [2.24, 2.45) is 0 Å². The van der Waals surface area contributed by atoms with Crippen LogP contribution in [0.4, 0.5) is 0 Å². The minimum absolute atomic E-state index is 0.117. The number of carboxylic acid groups (broad SMARTS) is 1. The first-order valence-corrected chi connectivity index (χ1v) is 6.16. The van der Waals surface area contributed by atoms with Gasteiger partial charge in [-0.25, -0.2) is 0 Å². The van der Waals surface area contributed by atoms with Gasteiger partial charge in [-0.05, 0) is 36.1 Å². The molecule has 0 unspecified atom stereocenters. The van der Waals surface area contributed by atoms with Gasteiger partial charge in [0.25, 0.3) is 0 Å². The van der Waals surface area contributed by atoms with Crippen LogP contribution in [-0.4, -0.2) is 11.1 Å². The van der Waals surface area contributed by atoms with Crippen molar-refractivity contribution >= 4 is 34.7 Å². The van der Waals surface area contributed by atoms with E-state index in [9.17, 15) is 4.79 Å². The molecule has 92 valence electrons. The fraction of sp³-hybridized carbons (Fsp3) is 0.308. The number of hydrogen-bond acceptors (Lipinski definition) is 1. The molecule has 0 bridgehead atoms. The standard InChI is InChI=1S/C13H14Cl2O2/c1-2-3-9(5-7-13(16)17)10-4-6-11(14)12(15)8-10/h3-4,6,8H,2,5,7H2,1H3,(H,16,17). The lowest BCUT2D eigenvalue weighted by Crippen LogP contribution is -1.95. The zero-order valence-electron chi connectivity index (χ0n) is 9.54. The predicted molar refractivity (Wildman–Crippen MR) is 71.6 cm³/mol. The second-order valence-corrected chi connectivity index (χ2v) is 4.47. The third kappa shape index (κ3) is 4.41. The summed E-state index contributed by atoms with van der Waals surface area (Å²) < 4.78 is 0. The van der Waals surface area contributed by atoms with Crippen molar-refractivity contribution in [1.82, 2.24) is 0 Å². The van der Waals surface area contributed by atoms with Crippen LogP contribution in [0.2, 0.25) is 10.0 Å². The number of carbonyl (C=O) groups is 1. The number of allylic oxidation sites excluding steroid dienone is 2. The summed E-state index contributed by atoms with van der Waals surface area (Å²) in [6, 6.07) is 5.36. The lowest BCUT2D eigenvalue weighted by atomic mass is 10.00. The van der Waals surface area contributed by atoms with Crippen molar-refractivity contribution < 1.29 is 9.90 Å². The van der Waals surface area contributed by atoms with Gasteiger partial charge in [0.15, 0.2) is 0 Å². The van der Waals surface area contributed by atoms with Crippen LogP contribution in [0.25, 0.3) is 5.57 Å². The lowest BCUT2D eigenvalue weighted by molar-refractivity contribution is -0.136. The minimum atomic E-state index is -0.799. The number of carboxylic acids is 1. The summed E-state index contributed by atoms with van der Waals surface area (Å²) in [7, 11) is 0. The van der Waals surface area contributed by atoms with E-state index in [-0.39, 0.29) is 6.42 Å². The molecule has 0 aromatic heterocycles. The summed E-state index contributed by atoms with van der Waals surface area (Å²) in [6.07, 6.45) is 3.49. The Morgan fingerprint density at radius 2 is 2.00 bits per heavy atom. The van der Waals surface area contributed by atoms with E-state index in [1.54, 1.807) is 12.1 Å². The van der Waals surface area contributed by atoms with Gasteiger partial charge in [-0.3, -0.25) is 4.79 Å². The fourth-order valence-electron chi connectivity index (χ4n) is 1.55. The van der Waals surface area contributed by atoms with Crippen LogP contribution in [0.5, 0.6) is 0 Å². The van der Waals surface area contributed by atoms with Gasteiger partial charge in [-0.1, -0.05) is 42.3 Å². The van der Waals surface area contributed by atoms with Crippen molar-refractivity contribution in [3.63, 3.8) is 0 Å². The minimum Gasteiger partial charge on any atom is -0.481 e. The predicted octanol–water partition coefficient (Wildman–Crippen LogP) is 4.65. The summed E-state index contributed by atoms with van der Waals surface area (Å²) in [6.45, 7) is 2.01. The van der Waals surface area contributed by atoms with Crippen molar-refractivity contribution in [2.45, 2.75) is 26.2 Å². The Kier molecular flexibility index (Phi) is 5.52. The first-order chi connectivity index (χ1) is 8.04. The topological polar surface area (TPSA) is 37.3 Å². The van der Waals surface area contributed by atoms with Crippen LogP contribution in [0.15, 0.2) is 24.3 Å². The summed E-state index contributed by atoms with van der Waals surface area (Å²) in [4.78, 5) is 10.6. The Hall–Kier alpha value is -0.990. The van der Waals surface area contributed by atoms with Crippen LogP contribution in [0, 0.1) is 0 Å². The van der Waals surface area contributed by atoms with E-state index in [2.05, 4.69) is 0 Å². The monoisotopic (exact) mass is 272 g/mol. The number of halogens is 2. The second kappa shape index (κ2) is 6.67. The van der Waals surface area contributed by atoms with Crippen molar-refractivity contribution in [2.75, 3.05) is 0 Å². The second-order valence-electron chi connectivity index (χ2n) is 3.66. The molecule has 0 aliphatic heterocycles. The highest BCUT2D eigenvalue weighted by atomic mass is 35.5. The van der Waals surface area contributed by atoms with E-state index < -0.39 is 5.97 Å². The molecule has 0 radical (unpaired) electrons. The van der Waals surface area contributed by atoms with Crippen LogP contribution in [0.1, 0.15) is 31.7 Å². The van der Waals surface area contributed by atoms with Crippen LogP contribution < -0.4 is 0 Å². The van der Waals surface area contributed by atoms with E-state index in [0.29, 0.717) is 16.5 Å². The van der Waals surface area contributed by atoms with Gasteiger partial charge in [0.1, 0.15) is 0 Å². The lowest BCUT2D eigenvalue weighted by Gasteiger charge is -2.07. The fourth-order valence-corrected chi connectivity index (χ4v) is 1.85. The molecule has 0 aliphatic carbocycles. The quantitative estimate of drug-likeness (QED) is 0.847. The molecular weight excluding hydrogens is 259 g/mol. The van der Waals surface area contributed by atoms with E-state index in [0.717, 1.165) is 17.6 Å². The highest BCUT2D eigenvalue weighted by molar-refractivity contribution is 6.42. The number of hydrogen-bond donors (Lipinski definition) is 1. The molecule has 1 aromatic rings. The normalized spacial score (nSPS) is 11.6. The molecule has 0 heterocycles. The molecule has 0 saturated carbocycles. The van der Waals surface area contributed by atoms with Crippen LogP contribution >= 0.6 is 23.2 Å². The summed E-state index contributed by atoms with van der Waals surface area (Å²) >= 11 is 11.8. The highest BCUT2D eigenvalue weighted by Crippen LogP contribution is 2.28. The largest absolute Gasteiger partial charge is 0.481 e. The van der Waals surface area contributed by atoms with Crippen LogP contribution in [-0.2, 0) is 4.79 Å². The summed E-state index contributed by atoms with van der Waals surface area (Å²) in [5, 5.41) is 9.69. The molecule has 4 heteroatoms. The molecular formula is C13H14Cl2O2. The molecule has 0 atom stereocenters. The molecule has 1 rings (SSSR count). The highest BCUT2D eigenvalue weighted by Gasteiger charge is 2.06. The van der Waals surface area contributed by atoms with Gasteiger partial charge in [0.2, 0.25) is 0 Å². The third-order valence-corrected chi connectivity index (χ3v) is 3.09. The van der Waals surface area contributed by atoms with Crippen molar-refractivity contribution in [3.05, 3.63) is 39.9 Å². The average molecular weight is 273 g/mol. The van der Waals surface area contributed by atoms with Crippen LogP contribution in [0.3, 0.4) is 0 Å². The van der Waals surface area contributed by atoms with Crippen molar-refractivity contribution in [1.29, 1.82) is 0 Å². The Balaban J connectivity index is 2.93. The number of benzene rings is 1. The maximum atomic E-state index is 10.6. The zero-order valence-corrected chi connectivity index (χ0v) is 11.1. The van der Waals surface area contributed by atoms with Gasteiger partial charge >= 0.3 is 5.97 Å². The Morgan fingerprint density at radius 1 is 1.29 bits per heavy atom. The van der Waals surface area contributed by atoms with E-state index in [1.165, 1.54) is 0 Å². The molecule has 2 nitrogen and oxygen atoms in total. The first-order valence-electron chi connectivity index (χ1n) is 5.40. The van der Waals surface area contributed by atoms with E-state index >= 15 is 0 Å². The first kappa shape index (κ1) is 14.1. The van der Waals surface area contributed by atoms with Gasteiger partial charge < -0.3 is 5.11 Å². The van der Waals surface area contributed by atoms with Gasteiger partial charge in [0, 0.05) is 6.42 Å². The third-order valence-electron chi connectivity index (χ3n) is 2.35. The molecule has 0 aliphatic rings. The SMILES string of the molecule is CCC=C(CCC(=O)O)c1ccc(Cl)c(Cl)c1. The molecule has 0 fully saturated rings. The maximum Gasteiger partial charge on any atom is 0.303 e. The molecule has 0 saturated heterocycles. The number of aliphatic carboxylic acids is 1.